The SMILES string of the molecule is NCC(c1ccc(F)c(Cl)c1)N1CC2CCCC2C1. The number of nitrogens with two attached hydrogens (primary N) is 1. The number of fused-ring (bicyclic) bond motifs is 1. The molecule has 1 saturated carbocycles. The number of hydrogen-bond acceptors (Lipinski definition) is 2. The minimum atomic E-state index is -0.362. The Morgan fingerprint density at radius 3 is 2.58 bits per heavy atom. The van der Waals surface area contributed by atoms with Crippen LogP contribution in [0.3, 0.4) is 0 Å². The summed E-state index contributed by atoms with van der Waals surface area (Å²) in [6.45, 7) is 2.81. The van der Waals surface area contributed by atoms with Gasteiger partial charge < -0.3 is 5.73 Å². The van der Waals surface area contributed by atoms with E-state index in [0.717, 1.165) is 30.5 Å². The summed E-state index contributed by atoms with van der Waals surface area (Å²) < 4.78 is 13.3. The first-order valence-electron chi connectivity index (χ1n) is 7.08. The highest BCUT2D eigenvalue weighted by Gasteiger charge is 2.38. The van der Waals surface area contributed by atoms with E-state index in [-0.39, 0.29) is 16.9 Å². The molecule has 3 atom stereocenters. The zero-order valence-corrected chi connectivity index (χ0v) is 11.7. The van der Waals surface area contributed by atoms with Crippen molar-refractivity contribution in [3.05, 3.63) is 34.6 Å². The fourth-order valence-corrected chi connectivity index (χ4v) is 3.93. The van der Waals surface area contributed by atoms with Crippen LogP contribution < -0.4 is 5.73 Å². The largest absolute Gasteiger partial charge is 0.329 e. The van der Waals surface area contributed by atoms with Crippen molar-refractivity contribution in [1.29, 1.82) is 0 Å². The monoisotopic (exact) mass is 282 g/mol. The molecule has 1 aliphatic heterocycles. The fourth-order valence-electron chi connectivity index (χ4n) is 3.74. The van der Waals surface area contributed by atoms with E-state index in [9.17, 15) is 4.39 Å². The van der Waals surface area contributed by atoms with E-state index in [1.54, 1.807) is 6.07 Å². The van der Waals surface area contributed by atoms with Gasteiger partial charge >= 0.3 is 0 Å². The molecule has 0 spiro atoms. The summed E-state index contributed by atoms with van der Waals surface area (Å²) >= 11 is 5.88. The van der Waals surface area contributed by atoms with Crippen molar-refractivity contribution in [2.45, 2.75) is 25.3 Å². The molecule has 3 unspecified atom stereocenters. The standard InChI is InChI=1S/C15H20ClFN2/c16-13-6-10(4-5-14(13)17)15(7-18)19-8-11-2-1-3-12(11)9-19/h4-6,11-12,15H,1-3,7-9,18H2. The van der Waals surface area contributed by atoms with E-state index in [1.807, 2.05) is 6.07 Å². The summed E-state index contributed by atoms with van der Waals surface area (Å²) in [7, 11) is 0. The van der Waals surface area contributed by atoms with Gasteiger partial charge in [0.25, 0.3) is 0 Å². The maximum atomic E-state index is 13.3. The Morgan fingerprint density at radius 1 is 1.32 bits per heavy atom. The quantitative estimate of drug-likeness (QED) is 0.922. The van der Waals surface area contributed by atoms with Gasteiger partial charge in [0.15, 0.2) is 0 Å². The first-order chi connectivity index (χ1) is 9.19. The lowest BCUT2D eigenvalue weighted by Gasteiger charge is -2.28. The Hall–Kier alpha value is -0.640. The third kappa shape index (κ3) is 2.51. The minimum absolute atomic E-state index is 0.170. The summed E-state index contributed by atoms with van der Waals surface area (Å²) in [5.74, 6) is 1.31. The molecule has 2 N–H and O–H groups in total. The van der Waals surface area contributed by atoms with Crippen molar-refractivity contribution in [3.8, 4) is 0 Å². The lowest BCUT2D eigenvalue weighted by atomic mass is 10.0. The van der Waals surface area contributed by atoms with Crippen molar-refractivity contribution < 1.29 is 4.39 Å². The zero-order valence-electron chi connectivity index (χ0n) is 11.0. The molecule has 0 amide bonds. The molecule has 3 rings (SSSR count). The summed E-state index contributed by atoms with van der Waals surface area (Å²) in [6, 6.07) is 5.15. The molecule has 0 bridgehead atoms. The van der Waals surface area contributed by atoms with Gasteiger partial charge in [-0.2, -0.15) is 0 Å². The minimum Gasteiger partial charge on any atom is -0.329 e. The van der Waals surface area contributed by atoms with E-state index >= 15 is 0 Å². The number of hydrogen-bond donors (Lipinski definition) is 1. The fraction of sp³-hybridized carbons (Fsp3) is 0.600. The second-order valence-electron chi connectivity index (χ2n) is 5.83. The van der Waals surface area contributed by atoms with Crippen LogP contribution in [0.5, 0.6) is 0 Å². The van der Waals surface area contributed by atoms with Crippen LogP contribution in [-0.4, -0.2) is 24.5 Å². The molecule has 104 valence electrons. The average molecular weight is 283 g/mol. The van der Waals surface area contributed by atoms with Gasteiger partial charge in [-0.1, -0.05) is 24.1 Å². The van der Waals surface area contributed by atoms with Crippen LogP contribution in [0.1, 0.15) is 30.9 Å². The van der Waals surface area contributed by atoms with Crippen LogP contribution in [0.4, 0.5) is 4.39 Å². The molecule has 1 saturated heterocycles. The maximum Gasteiger partial charge on any atom is 0.141 e. The number of benzene rings is 1. The topological polar surface area (TPSA) is 29.3 Å². The average Bonchev–Trinajstić information content (AvgIpc) is 2.95. The number of likely N-dealkylation sites (tertiary alicyclic amines) is 1. The first kappa shape index (κ1) is 13.3. The molecular formula is C15H20ClFN2. The Morgan fingerprint density at radius 2 is 2.00 bits per heavy atom. The normalized spacial score (nSPS) is 28.6. The molecular weight excluding hydrogens is 263 g/mol. The molecule has 2 fully saturated rings. The molecule has 1 aliphatic carbocycles. The van der Waals surface area contributed by atoms with E-state index < -0.39 is 0 Å². The second kappa shape index (κ2) is 5.39. The third-order valence-electron chi connectivity index (χ3n) is 4.75. The summed E-state index contributed by atoms with van der Waals surface area (Å²) in [4.78, 5) is 2.46. The van der Waals surface area contributed by atoms with Crippen LogP contribution in [0.2, 0.25) is 5.02 Å². The second-order valence-corrected chi connectivity index (χ2v) is 6.24. The van der Waals surface area contributed by atoms with Crippen LogP contribution in [-0.2, 0) is 0 Å². The Labute approximate surface area is 118 Å². The number of rotatable bonds is 3. The van der Waals surface area contributed by atoms with E-state index in [2.05, 4.69) is 4.90 Å². The van der Waals surface area contributed by atoms with Gasteiger partial charge in [-0.15, -0.1) is 0 Å². The highest BCUT2D eigenvalue weighted by atomic mass is 35.5. The Balaban J connectivity index is 1.79. The van der Waals surface area contributed by atoms with Crippen molar-refractivity contribution >= 4 is 11.6 Å². The van der Waals surface area contributed by atoms with Gasteiger partial charge in [0, 0.05) is 25.7 Å². The Kier molecular flexibility index (Phi) is 3.79. The summed E-state index contributed by atoms with van der Waals surface area (Å²) in [5.41, 5.74) is 6.98. The maximum absolute atomic E-state index is 13.3. The first-order valence-corrected chi connectivity index (χ1v) is 7.46. The van der Waals surface area contributed by atoms with Crippen LogP contribution >= 0.6 is 11.6 Å². The molecule has 1 aromatic rings. The van der Waals surface area contributed by atoms with Gasteiger partial charge in [0.2, 0.25) is 0 Å². The van der Waals surface area contributed by atoms with E-state index in [0.29, 0.717) is 6.54 Å². The molecule has 4 heteroatoms. The predicted octanol–water partition coefficient (Wildman–Crippen LogP) is 3.21. The molecule has 1 aromatic carbocycles. The molecule has 2 aliphatic rings. The highest BCUT2D eigenvalue weighted by molar-refractivity contribution is 6.30. The van der Waals surface area contributed by atoms with Crippen molar-refractivity contribution in [2.24, 2.45) is 17.6 Å². The van der Waals surface area contributed by atoms with Gasteiger partial charge in [0.1, 0.15) is 5.82 Å². The lowest BCUT2D eigenvalue weighted by Crippen LogP contribution is -2.32. The molecule has 1 heterocycles. The van der Waals surface area contributed by atoms with E-state index in [1.165, 1.54) is 25.3 Å². The molecule has 0 radical (unpaired) electrons. The smallest absolute Gasteiger partial charge is 0.141 e. The molecule has 2 nitrogen and oxygen atoms in total. The number of halogens is 2. The van der Waals surface area contributed by atoms with Crippen molar-refractivity contribution in [1.82, 2.24) is 4.90 Å². The number of nitrogens with zero attached hydrogens (tertiary/aromatic N) is 1. The highest BCUT2D eigenvalue weighted by Crippen LogP contribution is 2.40. The zero-order chi connectivity index (χ0) is 13.4. The van der Waals surface area contributed by atoms with Gasteiger partial charge in [-0.25, -0.2) is 4.39 Å². The van der Waals surface area contributed by atoms with Crippen molar-refractivity contribution in [3.63, 3.8) is 0 Å². The van der Waals surface area contributed by atoms with Crippen LogP contribution in [0.15, 0.2) is 18.2 Å². The Bertz CT molecular complexity index is 453. The summed E-state index contributed by atoms with van der Waals surface area (Å²) in [6.07, 6.45) is 4.07. The lowest BCUT2D eigenvalue weighted by molar-refractivity contribution is 0.231. The third-order valence-corrected chi connectivity index (χ3v) is 5.04. The van der Waals surface area contributed by atoms with E-state index in [4.69, 9.17) is 17.3 Å². The van der Waals surface area contributed by atoms with Crippen LogP contribution in [0, 0.1) is 17.7 Å². The predicted molar refractivity (Wildman–Crippen MR) is 75.6 cm³/mol. The molecule has 0 aromatic heterocycles. The van der Waals surface area contributed by atoms with Gasteiger partial charge in [0.05, 0.1) is 5.02 Å². The van der Waals surface area contributed by atoms with Gasteiger partial charge in [-0.05, 0) is 42.4 Å². The van der Waals surface area contributed by atoms with Crippen LogP contribution in [0.25, 0.3) is 0 Å². The summed E-state index contributed by atoms with van der Waals surface area (Å²) in [5, 5.41) is 0.190. The molecule has 19 heavy (non-hydrogen) atoms. The van der Waals surface area contributed by atoms with Gasteiger partial charge in [-0.3, -0.25) is 4.90 Å². The van der Waals surface area contributed by atoms with Crippen molar-refractivity contribution in [2.75, 3.05) is 19.6 Å².